The third-order valence-electron chi connectivity index (χ3n) is 5.31. The fourth-order valence-electron chi connectivity index (χ4n) is 3.65. The Hall–Kier alpha value is -1.59. The van der Waals surface area contributed by atoms with Crippen LogP contribution in [0.15, 0.2) is 0 Å². The molecule has 0 fully saturated rings. The van der Waals surface area contributed by atoms with Crippen LogP contribution < -0.4 is 0 Å². The Bertz CT molecular complexity index is 528. The van der Waals surface area contributed by atoms with Gasteiger partial charge < -0.3 is 14.2 Å². The molecule has 30 heavy (non-hydrogen) atoms. The highest BCUT2D eigenvalue weighted by molar-refractivity contribution is 5.80. The van der Waals surface area contributed by atoms with Crippen molar-refractivity contribution in [3.63, 3.8) is 0 Å². The highest BCUT2D eigenvalue weighted by Gasteiger charge is 2.45. The third kappa shape index (κ3) is 11.0. The van der Waals surface area contributed by atoms with E-state index in [4.69, 9.17) is 14.2 Å². The van der Waals surface area contributed by atoms with E-state index in [0.29, 0.717) is 26.1 Å². The topological polar surface area (TPSA) is 78.9 Å². The molecule has 0 heterocycles. The third-order valence-corrected chi connectivity index (χ3v) is 5.31. The van der Waals surface area contributed by atoms with Gasteiger partial charge in [-0.05, 0) is 46.5 Å². The molecule has 6 heteroatoms. The molecule has 0 aromatic heterocycles. The van der Waals surface area contributed by atoms with E-state index in [9.17, 15) is 14.4 Å². The Morgan fingerprint density at radius 2 is 1.37 bits per heavy atom. The Kier molecular flexibility index (Phi) is 13.7. The molecule has 2 atom stereocenters. The van der Waals surface area contributed by atoms with Gasteiger partial charge >= 0.3 is 17.9 Å². The number of unbranched alkanes of at least 4 members (excludes halogenated alkanes) is 4. The van der Waals surface area contributed by atoms with Crippen molar-refractivity contribution < 1.29 is 28.6 Å². The van der Waals surface area contributed by atoms with Crippen molar-refractivity contribution in [3.05, 3.63) is 0 Å². The van der Waals surface area contributed by atoms with Crippen LogP contribution in [0.25, 0.3) is 0 Å². The minimum absolute atomic E-state index is 0.260. The van der Waals surface area contributed by atoms with E-state index in [1.807, 2.05) is 13.8 Å². The number of carbonyl (C=O) groups is 3. The monoisotopic (exact) mass is 428 g/mol. The molecule has 6 nitrogen and oxygen atoms in total. The van der Waals surface area contributed by atoms with Gasteiger partial charge in [0.2, 0.25) is 0 Å². The van der Waals surface area contributed by atoms with Gasteiger partial charge in [-0.3, -0.25) is 14.4 Å². The van der Waals surface area contributed by atoms with Gasteiger partial charge in [0.05, 0.1) is 24.0 Å². The first kappa shape index (κ1) is 28.4. The van der Waals surface area contributed by atoms with E-state index in [1.165, 1.54) is 6.92 Å². The van der Waals surface area contributed by atoms with Crippen molar-refractivity contribution in [3.8, 4) is 0 Å². The van der Waals surface area contributed by atoms with Crippen molar-refractivity contribution >= 4 is 17.9 Å². The van der Waals surface area contributed by atoms with Gasteiger partial charge in [0, 0.05) is 13.3 Å². The maximum absolute atomic E-state index is 13.0. The average molecular weight is 429 g/mol. The van der Waals surface area contributed by atoms with Crippen LogP contribution in [0.2, 0.25) is 0 Å². The van der Waals surface area contributed by atoms with Gasteiger partial charge in [0.1, 0.15) is 6.10 Å². The highest BCUT2D eigenvalue weighted by Crippen LogP contribution is 2.40. The van der Waals surface area contributed by atoms with Crippen LogP contribution in [0, 0.1) is 10.8 Å². The summed E-state index contributed by atoms with van der Waals surface area (Å²) >= 11 is 0. The normalized spacial score (nSPS) is 14.5. The molecular formula is C24H44O6. The Labute approximate surface area is 183 Å². The quantitative estimate of drug-likeness (QED) is 0.181. The first-order chi connectivity index (χ1) is 14.0. The van der Waals surface area contributed by atoms with E-state index in [1.54, 1.807) is 20.8 Å². The lowest BCUT2D eigenvalue weighted by atomic mass is 9.70. The maximum Gasteiger partial charge on any atom is 0.311 e. The molecule has 0 N–H and O–H groups in total. The number of hydrogen-bond acceptors (Lipinski definition) is 6. The molecule has 0 saturated heterocycles. The van der Waals surface area contributed by atoms with E-state index in [0.717, 1.165) is 38.5 Å². The summed E-state index contributed by atoms with van der Waals surface area (Å²) in [5.74, 6) is -1.05. The second kappa shape index (κ2) is 14.4. The summed E-state index contributed by atoms with van der Waals surface area (Å²) in [4.78, 5) is 37.2. The molecule has 0 aliphatic rings. The molecule has 0 bridgehead atoms. The summed E-state index contributed by atoms with van der Waals surface area (Å²) < 4.78 is 16.4. The zero-order valence-corrected chi connectivity index (χ0v) is 20.3. The van der Waals surface area contributed by atoms with Crippen LogP contribution in [0.5, 0.6) is 0 Å². The van der Waals surface area contributed by atoms with Crippen molar-refractivity contribution in [2.45, 2.75) is 112 Å². The van der Waals surface area contributed by atoms with Crippen LogP contribution in [0.4, 0.5) is 0 Å². The molecule has 0 spiro atoms. The van der Waals surface area contributed by atoms with Crippen molar-refractivity contribution in [2.75, 3.05) is 13.2 Å². The fraction of sp³-hybridized carbons (Fsp3) is 0.875. The molecule has 176 valence electrons. The second-order valence-electron chi connectivity index (χ2n) is 9.15. The standard InChI is InChI=1S/C24H44O6/c1-8-11-13-14-16-28-21(26)23(5,6)18-24(7,22(27)29-15-12-9-2)17-20(10-3)30-19(4)25/h20H,8-18H2,1-7H3. The van der Waals surface area contributed by atoms with Gasteiger partial charge in [-0.15, -0.1) is 0 Å². The molecule has 0 aliphatic carbocycles. The zero-order valence-electron chi connectivity index (χ0n) is 20.3. The predicted octanol–water partition coefficient (Wildman–Crippen LogP) is 5.61. The van der Waals surface area contributed by atoms with E-state index in [-0.39, 0.29) is 24.3 Å². The zero-order chi connectivity index (χ0) is 23.2. The fourth-order valence-corrected chi connectivity index (χ4v) is 3.65. The second-order valence-corrected chi connectivity index (χ2v) is 9.15. The van der Waals surface area contributed by atoms with Crippen molar-refractivity contribution in [1.82, 2.24) is 0 Å². The molecule has 0 aromatic rings. The SMILES string of the molecule is CCCCCCOC(=O)C(C)(C)CC(C)(CC(CC)OC(C)=O)C(=O)OCCCC. The molecule has 0 saturated carbocycles. The average Bonchev–Trinajstić information content (AvgIpc) is 2.66. The van der Waals surface area contributed by atoms with Gasteiger partial charge in [-0.2, -0.15) is 0 Å². The highest BCUT2D eigenvalue weighted by atomic mass is 16.5. The number of rotatable bonds is 16. The van der Waals surface area contributed by atoms with Crippen molar-refractivity contribution in [1.29, 1.82) is 0 Å². The summed E-state index contributed by atoms with van der Waals surface area (Å²) in [6, 6.07) is 0. The van der Waals surface area contributed by atoms with E-state index in [2.05, 4.69) is 6.92 Å². The van der Waals surface area contributed by atoms with Crippen LogP contribution in [-0.4, -0.2) is 37.2 Å². The lowest BCUT2D eigenvalue weighted by Crippen LogP contribution is -2.41. The smallest absolute Gasteiger partial charge is 0.311 e. The van der Waals surface area contributed by atoms with E-state index >= 15 is 0 Å². The van der Waals surface area contributed by atoms with E-state index < -0.39 is 16.9 Å². The molecule has 0 aliphatic heterocycles. The first-order valence-electron chi connectivity index (χ1n) is 11.5. The number of ether oxygens (including phenoxy) is 3. The van der Waals surface area contributed by atoms with Crippen LogP contribution in [0.3, 0.4) is 0 Å². The maximum atomic E-state index is 13.0. The van der Waals surface area contributed by atoms with Gasteiger partial charge in [0.15, 0.2) is 0 Å². The summed E-state index contributed by atoms with van der Waals surface area (Å²) in [5, 5.41) is 0. The number of carbonyl (C=O) groups excluding carboxylic acids is 3. The summed E-state index contributed by atoms with van der Waals surface area (Å²) in [6.07, 6.45) is 6.57. The molecule has 2 unspecified atom stereocenters. The molecule has 0 rings (SSSR count). The Balaban J connectivity index is 5.28. The number of esters is 3. The molecular weight excluding hydrogens is 384 g/mol. The summed E-state index contributed by atoms with van der Waals surface area (Å²) in [6.45, 7) is 13.6. The lowest BCUT2D eigenvalue weighted by Gasteiger charge is -2.36. The van der Waals surface area contributed by atoms with Gasteiger partial charge in [0.25, 0.3) is 0 Å². The lowest BCUT2D eigenvalue weighted by molar-refractivity contribution is -0.167. The molecule has 0 aromatic carbocycles. The predicted molar refractivity (Wildman–Crippen MR) is 118 cm³/mol. The first-order valence-corrected chi connectivity index (χ1v) is 11.5. The Morgan fingerprint density at radius 3 is 1.90 bits per heavy atom. The van der Waals surface area contributed by atoms with Crippen LogP contribution in [-0.2, 0) is 28.6 Å². The van der Waals surface area contributed by atoms with Gasteiger partial charge in [-0.1, -0.05) is 46.5 Å². The van der Waals surface area contributed by atoms with Crippen LogP contribution in [0.1, 0.15) is 106 Å². The van der Waals surface area contributed by atoms with Gasteiger partial charge in [-0.25, -0.2) is 0 Å². The minimum Gasteiger partial charge on any atom is -0.465 e. The largest absolute Gasteiger partial charge is 0.465 e. The number of hydrogen-bond donors (Lipinski definition) is 0. The van der Waals surface area contributed by atoms with Crippen LogP contribution >= 0.6 is 0 Å². The minimum atomic E-state index is -0.964. The van der Waals surface area contributed by atoms with Crippen molar-refractivity contribution in [2.24, 2.45) is 10.8 Å². The Morgan fingerprint density at radius 1 is 0.800 bits per heavy atom. The summed E-state index contributed by atoms with van der Waals surface area (Å²) in [5.41, 5.74) is -1.83. The molecule has 0 amide bonds. The summed E-state index contributed by atoms with van der Waals surface area (Å²) in [7, 11) is 0. The molecule has 0 radical (unpaired) electrons.